The Hall–Kier alpha value is -3.82. The van der Waals surface area contributed by atoms with Gasteiger partial charge in [-0.1, -0.05) is 5.16 Å². The molecule has 3 aromatic rings. The molecular formula is C15H10N4O6. The van der Waals surface area contributed by atoms with E-state index in [2.05, 4.69) is 10.1 Å². The van der Waals surface area contributed by atoms with Gasteiger partial charge in [0, 0.05) is 29.8 Å². The molecule has 1 aromatic heterocycles. The molecule has 0 aliphatic rings. The molecule has 0 spiro atoms. The van der Waals surface area contributed by atoms with E-state index in [1.807, 2.05) is 0 Å². The Kier molecular flexibility index (Phi) is 4.33. The van der Waals surface area contributed by atoms with Crippen molar-refractivity contribution < 1.29 is 19.1 Å². The van der Waals surface area contributed by atoms with E-state index < -0.39 is 9.85 Å². The minimum absolute atomic E-state index is 0.0161. The lowest BCUT2D eigenvalue weighted by Gasteiger charge is -2.01. The van der Waals surface area contributed by atoms with Gasteiger partial charge in [0.25, 0.3) is 17.3 Å². The van der Waals surface area contributed by atoms with Gasteiger partial charge in [0.2, 0.25) is 5.82 Å². The Labute approximate surface area is 140 Å². The number of nitro groups is 2. The largest absolute Gasteiger partial charge is 0.484 e. The van der Waals surface area contributed by atoms with Crippen molar-refractivity contribution in [2.75, 3.05) is 0 Å². The van der Waals surface area contributed by atoms with Crippen molar-refractivity contribution in [1.29, 1.82) is 0 Å². The van der Waals surface area contributed by atoms with E-state index in [1.165, 1.54) is 48.5 Å². The van der Waals surface area contributed by atoms with E-state index in [0.29, 0.717) is 11.3 Å². The fourth-order valence-corrected chi connectivity index (χ4v) is 1.97. The summed E-state index contributed by atoms with van der Waals surface area (Å²) in [6.07, 6.45) is 0. The molecule has 0 fully saturated rings. The highest BCUT2D eigenvalue weighted by atomic mass is 16.6. The molecule has 0 atom stereocenters. The maximum atomic E-state index is 10.6. The summed E-state index contributed by atoms with van der Waals surface area (Å²) >= 11 is 0. The molecule has 0 aliphatic heterocycles. The van der Waals surface area contributed by atoms with E-state index in [0.717, 1.165) is 0 Å². The third kappa shape index (κ3) is 3.75. The minimum Gasteiger partial charge on any atom is -0.484 e. The van der Waals surface area contributed by atoms with Gasteiger partial charge >= 0.3 is 0 Å². The smallest absolute Gasteiger partial charge is 0.269 e. The number of non-ortho nitro benzene ring substituents is 2. The second kappa shape index (κ2) is 6.74. The molecule has 0 unspecified atom stereocenters. The van der Waals surface area contributed by atoms with E-state index >= 15 is 0 Å². The Morgan fingerprint density at radius 3 is 2.04 bits per heavy atom. The lowest BCUT2D eigenvalue weighted by atomic mass is 10.2. The molecule has 126 valence electrons. The predicted octanol–water partition coefficient (Wildman–Crippen LogP) is 3.13. The van der Waals surface area contributed by atoms with Crippen molar-refractivity contribution in [2.45, 2.75) is 6.61 Å². The molecule has 0 amide bonds. The van der Waals surface area contributed by atoms with Gasteiger partial charge in [0.1, 0.15) is 5.75 Å². The van der Waals surface area contributed by atoms with Crippen molar-refractivity contribution >= 4 is 11.4 Å². The second-order valence-corrected chi connectivity index (χ2v) is 4.86. The summed E-state index contributed by atoms with van der Waals surface area (Å²) in [5, 5.41) is 25.0. The van der Waals surface area contributed by atoms with Crippen LogP contribution in [0.4, 0.5) is 11.4 Å². The lowest BCUT2D eigenvalue weighted by Crippen LogP contribution is -1.96. The first-order chi connectivity index (χ1) is 12.0. The number of ether oxygens (including phenoxy) is 1. The summed E-state index contributed by atoms with van der Waals surface area (Å²) in [6, 6.07) is 11.3. The monoisotopic (exact) mass is 342 g/mol. The third-order valence-electron chi connectivity index (χ3n) is 3.21. The minimum atomic E-state index is -0.502. The molecule has 1 heterocycles. The van der Waals surface area contributed by atoms with Crippen LogP contribution in [-0.4, -0.2) is 20.0 Å². The number of nitrogens with zero attached hydrogens (tertiary/aromatic N) is 4. The summed E-state index contributed by atoms with van der Waals surface area (Å²) in [5.41, 5.74) is 0.496. The topological polar surface area (TPSA) is 134 Å². The number of hydrogen-bond acceptors (Lipinski definition) is 8. The predicted molar refractivity (Wildman–Crippen MR) is 83.8 cm³/mol. The van der Waals surface area contributed by atoms with E-state index in [9.17, 15) is 20.2 Å². The average Bonchev–Trinajstić information content (AvgIpc) is 3.09. The van der Waals surface area contributed by atoms with Gasteiger partial charge in [-0.3, -0.25) is 20.2 Å². The molecular weight excluding hydrogens is 332 g/mol. The Bertz CT molecular complexity index is 905. The van der Waals surface area contributed by atoms with Crippen LogP contribution in [-0.2, 0) is 6.61 Å². The normalized spacial score (nSPS) is 10.4. The highest BCUT2D eigenvalue weighted by Gasteiger charge is 2.12. The Balaban J connectivity index is 1.65. The summed E-state index contributed by atoms with van der Waals surface area (Å²) in [6.45, 7) is -0.0161. The lowest BCUT2D eigenvalue weighted by molar-refractivity contribution is -0.385. The number of benzene rings is 2. The quantitative estimate of drug-likeness (QED) is 0.492. The van der Waals surface area contributed by atoms with Crippen LogP contribution in [0.2, 0.25) is 0 Å². The van der Waals surface area contributed by atoms with Crippen LogP contribution in [0.25, 0.3) is 11.4 Å². The van der Waals surface area contributed by atoms with Gasteiger partial charge in [0.05, 0.1) is 9.85 Å². The number of nitro benzene ring substituents is 2. The molecule has 0 bridgehead atoms. The summed E-state index contributed by atoms with van der Waals surface area (Å²) in [7, 11) is 0. The molecule has 10 heteroatoms. The molecule has 0 aliphatic carbocycles. The van der Waals surface area contributed by atoms with Crippen LogP contribution < -0.4 is 4.74 Å². The molecule has 3 rings (SSSR count). The Morgan fingerprint density at radius 1 is 0.920 bits per heavy atom. The van der Waals surface area contributed by atoms with Crippen LogP contribution in [0, 0.1) is 20.2 Å². The number of rotatable bonds is 6. The zero-order chi connectivity index (χ0) is 17.8. The van der Waals surface area contributed by atoms with Crippen LogP contribution in [0.3, 0.4) is 0 Å². The fraction of sp³-hybridized carbons (Fsp3) is 0.0667. The van der Waals surface area contributed by atoms with Crippen molar-refractivity contribution in [3.63, 3.8) is 0 Å². The SMILES string of the molecule is O=[N+]([O-])c1ccc(OCc2nc(-c3ccc([N+](=O)[O-])cc3)no2)cc1. The first-order valence-corrected chi connectivity index (χ1v) is 6.97. The Morgan fingerprint density at radius 2 is 1.48 bits per heavy atom. The summed E-state index contributed by atoms with van der Waals surface area (Å²) in [4.78, 5) is 24.4. The van der Waals surface area contributed by atoms with Crippen molar-refractivity contribution in [2.24, 2.45) is 0 Å². The second-order valence-electron chi connectivity index (χ2n) is 4.86. The molecule has 0 saturated carbocycles. The van der Waals surface area contributed by atoms with Crippen molar-refractivity contribution in [1.82, 2.24) is 10.1 Å². The van der Waals surface area contributed by atoms with Crippen LogP contribution in [0.5, 0.6) is 5.75 Å². The number of aromatic nitrogens is 2. The standard InChI is InChI=1S/C15H10N4O6/c20-18(21)11-3-1-10(2-4-11)15-16-14(25-17-15)9-24-13-7-5-12(6-8-13)19(22)23/h1-8H,9H2. The van der Waals surface area contributed by atoms with E-state index in [4.69, 9.17) is 9.26 Å². The zero-order valence-corrected chi connectivity index (χ0v) is 12.6. The first kappa shape index (κ1) is 16.1. The van der Waals surface area contributed by atoms with Gasteiger partial charge in [-0.05, 0) is 24.3 Å². The van der Waals surface area contributed by atoms with Gasteiger partial charge < -0.3 is 9.26 Å². The van der Waals surface area contributed by atoms with Gasteiger partial charge in [-0.2, -0.15) is 4.98 Å². The number of hydrogen-bond donors (Lipinski definition) is 0. The third-order valence-corrected chi connectivity index (χ3v) is 3.21. The molecule has 0 N–H and O–H groups in total. The molecule has 0 saturated heterocycles. The highest BCUT2D eigenvalue weighted by molar-refractivity contribution is 5.56. The highest BCUT2D eigenvalue weighted by Crippen LogP contribution is 2.21. The van der Waals surface area contributed by atoms with Crippen molar-refractivity contribution in [3.8, 4) is 17.1 Å². The average molecular weight is 342 g/mol. The molecule has 25 heavy (non-hydrogen) atoms. The van der Waals surface area contributed by atoms with E-state index in [-0.39, 0.29) is 29.7 Å². The van der Waals surface area contributed by atoms with Gasteiger partial charge in [-0.25, -0.2) is 0 Å². The van der Waals surface area contributed by atoms with E-state index in [1.54, 1.807) is 0 Å². The molecule has 10 nitrogen and oxygen atoms in total. The molecule has 2 aromatic carbocycles. The summed E-state index contributed by atoms with van der Waals surface area (Å²) in [5.74, 6) is 0.893. The maximum absolute atomic E-state index is 10.6. The first-order valence-electron chi connectivity index (χ1n) is 6.97. The van der Waals surface area contributed by atoms with Crippen molar-refractivity contribution in [3.05, 3.63) is 74.7 Å². The van der Waals surface area contributed by atoms with Crippen LogP contribution >= 0.6 is 0 Å². The fourth-order valence-electron chi connectivity index (χ4n) is 1.97. The summed E-state index contributed by atoms with van der Waals surface area (Å²) < 4.78 is 10.5. The van der Waals surface area contributed by atoms with Crippen LogP contribution in [0.1, 0.15) is 5.89 Å². The van der Waals surface area contributed by atoms with Gasteiger partial charge in [0.15, 0.2) is 6.61 Å². The molecule has 0 radical (unpaired) electrons. The van der Waals surface area contributed by atoms with Crippen LogP contribution in [0.15, 0.2) is 53.1 Å². The maximum Gasteiger partial charge on any atom is 0.269 e. The van der Waals surface area contributed by atoms with Gasteiger partial charge in [-0.15, -0.1) is 0 Å². The zero-order valence-electron chi connectivity index (χ0n) is 12.6.